The summed E-state index contributed by atoms with van der Waals surface area (Å²) in [6, 6.07) is 2.82. The van der Waals surface area contributed by atoms with Crippen LogP contribution >= 0.6 is 11.6 Å². The molecule has 2 rings (SSSR count). The first-order chi connectivity index (χ1) is 13.2. The molecule has 0 bridgehead atoms. The van der Waals surface area contributed by atoms with Crippen molar-refractivity contribution in [3.05, 3.63) is 28.8 Å². The van der Waals surface area contributed by atoms with E-state index in [0.717, 1.165) is 6.08 Å². The molecule has 1 aromatic carbocycles. The molecular formula is C18H22ClNO7S. The van der Waals surface area contributed by atoms with Gasteiger partial charge in [-0.3, -0.25) is 4.79 Å². The van der Waals surface area contributed by atoms with Crippen LogP contribution in [0.1, 0.15) is 18.9 Å². The molecule has 28 heavy (non-hydrogen) atoms. The zero-order chi connectivity index (χ0) is 20.7. The molecule has 1 aliphatic heterocycles. The molecule has 1 amide bonds. The van der Waals surface area contributed by atoms with Crippen LogP contribution in [0.4, 0.5) is 0 Å². The number of carbonyl (C=O) groups is 2. The van der Waals surface area contributed by atoms with Gasteiger partial charge in [-0.25, -0.2) is 13.2 Å². The Balaban J connectivity index is 1.88. The van der Waals surface area contributed by atoms with Crippen LogP contribution in [0.5, 0.6) is 11.5 Å². The predicted octanol–water partition coefficient (Wildman–Crippen LogP) is 1.61. The van der Waals surface area contributed by atoms with Crippen molar-refractivity contribution >= 4 is 39.4 Å². The highest BCUT2D eigenvalue weighted by atomic mass is 35.5. The number of esters is 1. The first-order valence-corrected chi connectivity index (χ1v) is 10.8. The van der Waals surface area contributed by atoms with Gasteiger partial charge < -0.3 is 19.5 Å². The fourth-order valence-corrected chi connectivity index (χ4v) is 4.64. The predicted molar refractivity (Wildman–Crippen MR) is 104 cm³/mol. The molecule has 1 aromatic rings. The lowest BCUT2D eigenvalue weighted by Crippen LogP contribution is -2.38. The summed E-state index contributed by atoms with van der Waals surface area (Å²) in [5, 5.41) is 2.86. The summed E-state index contributed by atoms with van der Waals surface area (Å²) in [7, 11) is -1.62. The van der Waals surface area contributed by atoms with E-state index in [-0.39, 0.29) is 11.5 Å². The molecule has 1 atom stereocenters. The number of amides is 1. The summed E-state index contributed by atoms with van der Waals surface area (Å²) in [4.78, 5) is 23.6. The third-order valence-corrected chi connectivity index (χ3v) is 5.94. The lowest BCUT2D eigenvalue weighted by molar-refractivity contribution is -0.143. The molecule has 1 unspecified atom stereocenters. The van der Waals surface area contributed by atoms with E-state index in [1.165, 1.54) is 13.2 Å². The van der Waals surface area contributed by atoms with Crippen molar-refractivity contribution in [2.45, 2.75) is 19.4 Å². The average molecular weight is 432 g/mol. The van der Waals surface area contributed by atoms with Gasteiger partial charge in [0, 0.05) is 12.1 Å². The maximum atomic E-state index is 11.8. The van der Waals surface area contributed by atoms with Crippen LogP contribution < -0.4 is 14.8 Å². The third kappa shape index (κ3) is 6.42. The smallest absolute Gasteiger partial charge is 0.331 e. The Kier molecular flexibility index (Phi) is 7.70. The lowest BCUT2D eigenvalue weighted by Gasteiger charge is -2.12. The van der Waals surface area contributed by atoms with E-state index < -0.39 is 34.4 Å². The molecule has 1 aliphatic rings. The van der Waals surface area contributed by atoms with Crippen LogP contribution in [0.2, 0.25) is 5.02 Å². The van der Waals surface area contributed by atoms with Gasteiger partial charge in [0.2, 0.25) is 0 Å². The number of halogens is 1. The van der Waals surface area contributed by atoms with Crippen LogP contribution in [0.15, 0.2) is 18.2 Å². The lowest BCUT2D eigenvalue weighted by atomic mass is 10.2. The molecule has 0 saturated carbocycles. The Morgan fingerprint density at radius 1 is 1.36 bits per heavy atom. The zero-order valence-corrected chi connectivity index (χ0v) is 17.1. The van der Waals surface area contributed by atoms with Crippen LogP contribution in [0, 0.1) is 0 Å². The van der Waals surface area contributed by atoms with E-state index in [1.807, 2.05) is 6.92 Å². The van der Waals surface area contributed by atoms with E-state index >= 15 is 0 Å². The Labute approximate surface area is 168 Å². The normalized spacial score (nSPS) is 18.0. The maximum Gasteiger partial charge on any atom is 0.331 e. The molecular weight excluding hydrogens is 410 g/mol. The number of ether oxygens (including phenoxy) is 3. The highest BCUT2D eigenvalue weighted by molar-refractivity contribution is 7.91. The largest absolute Gasteiger partial charge is 0.491 e. The van der Waals surface area contributed by atoms with Gasteiger partial charge in [0.15, 0.2) is 27.9 Å². The molecule has 0 spiro atoms. The van der Waals surface area contributed by atoms with Crippen LogP contribution in [0.3, 0.4) is 0 Å². The van der Waals surface area contributed by atoms with Crippen molar-refractivity contribution in [2.75, 3.05) is 31.8 Å². The molecule has 0 radical (unpaired) electrons. The maximum absolute atomic E-state index is 11.8. The monoisotopic (exact) mass is 431 g/mol. The van der Waals surface area contributed by atoms with Gasteiger partial charge in [-0.15, -0.1) is 0 Å². The average Bonchev–Trinajstić information content (AvgIpc) is 2.96. The van der Waals surface area contributed by atoms with E-state index in [4.69, 9.17) is 25.8 Å². The van der Waals surface area contributed by atoms with Gasteiger partial charge in [-0.1, -0.05) is 11.6 Å². The standard InChI is InChI=1S/C18H22ClNO7S/c1-3-26-15-9-12(8-14(19)18(15)25-2)4-5-17(22)27-10-16(21)20-13-6-7-28(23,24)11-13/h4-5,8-9,13H,3,6-7,10-11H2,1-2H3,(H,20,21)/b5-4+. The number of hydrogen-bond donors (Lipinski definition) is 1. The molecule has 10 heteroatoms. The Morgan fingerprint density at radius 2 is 2.11 bits per heavy atom. The van der Waals surface area contributed by atoms with Crippen molar-refractivity contribution < 1.29 is 32.2 Å². The summed E-state index contributed by atoms with van der Waals surface area (Å²) in [6.07, 6.45) is 2.99. The summed E-state index contributed by atoms with van der Waals surface area (Å²) in [5.74, 6) is -0.471. The number of methoxy groups -OCH3 is 1. The Morgan fingerprint density at radius 3 is 2.71 bits per heavy atom. The van der Waals surface area contributed by atoms with Gasteiger partial charge in [-0.2, -0.15) is 0 Å². The Bertz CT molecular complexity index is 867. The highest BCUT2D eigenvalue weighted by Crippen LogP contribution is 2.36. The van der Waals surface area contributed by atoms with E-state index in [2.05, 4.69) is 5.32 Å². The highest BCUT2D eigenvalue weighted by Gasteiger charge is 2.28. The number of benzene rings is 1. The Hall–Kier alpha value is -2.26. The summed E-state index contributed by atoms with van der Waals surface area (Å²) >= 11 is 6.14. The van der Waals surface area contributed by atoms with Crippen LogP contribution in [-0.2, 0) is 24.2 Å². The fourth-order valence-electron chi connectivity index (χ4n) is 2.67. The van der Waals surface area contributed by atoms with Gasteiger partial charge >= 0.3 is 5.97 Å². The molecule has 1 heterocycles. The molecule has 0 aliphatic carbocycles. The summed E-state index contributed by atoms with van der Waals surface area (Å²) < 4.78 is 38.2. The molecule has 154 valence electrons. The second kappa shape index (κ2) is 9.79. The van der Waals surface area contributed by atoms with Crippen molar-refractivity contribution in [3.8, 4) is 11.5 Å². The summed E-state index contributed by atoms with van der Waals surface area (Å²) in [6.45, 7) is 1.74. The van der Waals surface area contributed by atoms with Crippen molar-refractivity contribution in [1.82, 2.24) is 5.32 Å². The molecule has 0 aromatic heterocycles. The second-order valence-corrected chi connectivity index (χ2v) is 8.71. The fraction of sp³-hybridized carbons (Fsp3) is 0.444. The van der Waals surface area contributed by atoms with E-state index in [9.17, 15) is 18.0 Å². The van der Waals surface area contributed by atoms with Gasteiger partial charge in [0.1, 0.15) is 0 Å². The number of hydrogen-bond acceptors (Lipinski definition) is 7. The minimum Gasteiger partial charge on any atom is -0.491 e. The van der Waals surface area contributed by atoms with Gasteiger partial charge in [0.05, 0.1) is 30.2 Å². The minimum atomic E-state index is -3.09. The molecule has 1 fully saturated rings. The first kappa shape index (κ1) is 22.0. The number of carbonyl (C=O) groups excluding carboxylic acids is 2. The molecule has 8 nitrogen and oxygen atoms in total. The minimum absolute atomic E-state index is 0.0502. The number of nitrogens with one attached hydrogen (secondary N) is 1. The third-order valence-electron chi connectivity index (χ3n) is 3.89. The SMILES string of the molecule is CCOc1cc(/C=C/C(=O)OCC(=O)NC2CCS(=O)(=O)C2)cc(Cl)c1OC. The molecule has 1 saturated heterocycles. The van der Waals surface area contributed by atoms with Crippen molar-refractivity contribution in [3.63, 3.8) is 0 Å². The van der Waals surface area contributed by atoms with Gasteiger partial charge in [-0.05, 0) is 37.1 Å². The summed E-state index contributed by atoms with van der Waals surface area (Å²) in [5.41, 5.74) is 0.590. The number of sulfone groups is 1. The van der Waals surface area contributed by atoms with Crippen molar-refractivity contribution in [2.24, 2.45) is 0 Å². The first-order valence-electron chi connectivity index (χ1n) is 8.59. The van der Waals surface area contributed by atoms with E-state index in [1.54, 1.807) is 12.1 Å². The zero-order valence-electron chi connectivity index (χ0n) is 15.6. The number of rotatable bonds is 8. The van der Waals surface area contributed by atoms with E-state index in [0.29, 0.717) is 35.1 Å². The quantitative estimate of drug-likeness (QED) is 0.492. The topological polar surface area (TPSA) is 108 Å². The molecule has 1 N–H and O–H groups in total. The van der Waals surface area contributed by atoms with Crippen LogP contribution in [0.25, 0.3) is 6.08 Å². The van der Waals surface area contributed by atoms with Crippen LogP contribution in [-0.4, -0.2) is 58.2 Å². The second-order valence-electron chi connectivity index (χ2n) is 6.08. The van der Waals surface area contributed by atoms with Gasteiger partial charge in [0.25, 0.3) is 5.91 Å². The van der Waals surface area contributed by atoms with Crippen molar-refractivity contribution in [1.29, 1.82) is 0 Å².